The molecule has 0 unspecified atom stereocenters. The maximum absolute atomic E-state index is 4.26. The molecule has 2 nitrogen and oxygen atoms in total. The minimum absolute atomic E-state index is 0.883. The minimum atomic E-state index is 0.883. The van der Waals surface area contributed by atoms with Crippen LogP contribution in [0.1, 0.15) is 25.7 Å². The molecule has 1 aliphatic carbocycles. The van der Waals surface area contributed by atoms with Crippen LogP contribution in [0.15, 0.2) is 53.6 Å². The van der Waals surface area contributed by atoms with E-state index in [2.05, 4.69) is 41.2 Å². The Kier molecular flexibility index (Phi) is 6.80. The first kappa shape index (κ1) is 13.5. The van der Waals surface area contributed by atoms with Gasteiger partial charge < -0.3 is 5.32 Å². The highest BCUT2D eigenvalue weighted by atomic mass is 15.0. The van der Waals surface area contributed by atoms with E-state index in [1.54, 1.807) is 6.08 Å². The Balaban J connectivity index is 2.27. The summed E-state index contributed by atoms with van der Waals surface area (Å²) in [5, 5.41) is 3.39. The minimum Gasteiger partial charge on any atom is -0.370 e. The van der Waals surface area contributed by atoms with Crippen molar-refractivity contribution in [2.24, 2.45) is 4.99 Å². The van der Waals surface area contributed by atoms with E-state index in [1.165, 1.54) is 12.0 Å². The van der Waals surface area contributed by atoms with E-state index < -0.39 is 0 Å². The second-order valence-electron chi connectivity index (χ2n) is 3.99. The number of nitrogens with zero attached hydrogens (tertiary/aromatic N) is 1. The maximum atomic E-state index is 4.26. The van der Waals surface area contributed by atoms with Crippen LogP contribution >= 0.6 is 0 Å². The van der Waals surface area contributed by atoms with E-state index in [1.807, 2.05) is 13.1 Å². The van der Waals surface area contributed by atoms with Crippen LogP contribution in [0.5, 0.6) is 0 Å². The zero-order valence-electron chi connectivity index (χ0n) is 10.7. The molecule has 0 aromatic rings. The fraction of sp³-hybridized carbons (Fsp3) is 0.400. The molecule has 0 aromatic heterocycles. The molecule has 0 heterocycles. The Bertz CT molecular complexity index is 346. The second kappa shape index (κ2) is 8.57. The van der Waals surface area contributed by atoms with Crippen molar-refractivity contribution >= 4 is 5.84 Å². The van der Waals surface area contributed by atoms with E-state index in [0.717, 1.165) is 31.6 Å². The van der Waals surface area contributed by atoms with Crippen molar-refractivity contribution in [2.45, 2.75) is 25.7 Å². The molecule has 0 saturated carbocycles. The number of allylic oxidation sites excluding steroid dienone is 5. The molecule has 92 valence electrons. The molecule has 0 fully saturated rings. The molecule has 1 rings (SSSR count). The summed E-state index contributed by atoms with van der Waals surface area (Å²) in [6.45, 7) is 4.53. The summed E-state index contributed by atoms with van der Waals surface area (Å²) in [7, 11) is 1.84. The highest BCUT2D eigenvalue weighted by Crippen LogP contribution is 2.08. The van der Waals surface area contributed by atoms with Crippen LogP contribution in [0.25, 0.3) is 0 Å². The van der Waals surface area contributed by atoms with Crippen LogP contribution in [0.2, 0.25) is 0 Å². The molecule has 0 atom stereocenters. The molecule has 17 heavy (non-hydrogen) atoms. The van der Waals surface area contributed by atoms with Crippen molar-refractivity contribution in [1.82, 2.24) is 5.32 Å². The van der Waals surface area contributed by atoms with Crippen molar-refractivity contribution in [2.75, 3.05) is 13.6 Å². The van der Waals surface area contributed by atoms with E-state index in [9.17, 15) is 0 Å². The van der Waals surface area contributed by atoms with Gasteiger partial charge in [0.1, 0.15) is 0 Å². The van der Waals surface area contributed by atoms with Gasteiger partial charge in [-0.05, 0) is 24.8 Å². The molecule has 1 aliphatic rings. The fourth-order valence-electron chi connectivity index (χ4n) is 1.69. The average Bonchev–Trinajstić information content (AvgIpc) is 2.39. The van der Waals surface area contributed by atoms with Crippen LogP contribution in [-0.4, -0.2) is 19.4 Å². The lowest BCUT2D eigenvalue weighted by atomic mass is 10.1. The summed E-state index contributed by atoms with van der Waals surface area (Å²) in [5.74, 6) is 1.07. The number of aliphatic imine (C=N–C) groups is 1. The Morgan fingerprint density at radius 3 is 3.06 bits per heavy atom. The Hall–Kier alpha value is -1.57. The highest BCUT2D eigenvalue weighted by molar-refractivity contribution is 5.82. The molecule has 0 saturated heterocycles. The predicted octanol–water partition coefficient (Wildman–Crippen LogP) is 3.40. The zero-order valence-corrected chi connectivity index (χ0v) is 10.7. The molecule has 0 radical (unpaired) electrons. The van der Waals surface area contributed by atoms with Crippen LogP contribution in [-0.2, 0) is 0 Å². The lowest BCUT2D eigenvalue weighted by molar-refractivity contribution is 0.910. The van der Waals surface area contributed by atoms with Gasteiger partial charge in [-0.25, -0.2) is 0 Å². The quantitative estimate of drug-likeness (QED) is 0.422. The summed E-state index contributed by atoms with van der Waals surface area (Å²) < 4.78 is 0. The lowest BCUT2D eigenvalue weighted by Gasteiger charge is -2.11. The topological polar surface area (TPSA) is 24.4 Å². The van der Waals surface area contributed by atoms with Crippen LogP contribution in [0, 0.1) is 0 Å². The van der Waals surface area contributed by atoms with Crippen molar-refractivity contribution in [1.29, 1.82) is 0 Å². The second-order valence-corrected chi connectivity index (χ2v) is 3.99. The third kappa shape index (κ3) is 5.91. The summed E-state index contributed by atoms with van der Waals surface area (Å²) in [6.07, 6.45) is 16.9. The van der Waals surface area contributed by atoms with Gasteiger partial charge >= 0.3 is 0 Å². The Morgan fingerprint density at radius 2 is 2.41 bits per heavy atom. The average molecular weight is 230 g/mol. The summed E-state index contributed by atoms with van der Waals surface area (Å²) >= 11 is 0. The van der Waals surface area contributed by atoms with E-state index in [-0.39, 0.29) is 0 Å². The van der Waals surface area contributed by atoms with Gasteiger partial charge in [0.2, 0.25) is 0 Å². The van der Waals surface area contributed by atoms with E-state index >= 15 is 0 Å². The molecule has 0 bridgehead atoms. The fourth-order valence-corrected chi connectivity index (χ4v) is 1.69. The van der Waals surface area contributed by atoms with Crippen molar-refractivity contribution in [3.63, 3.8) is 0 Å². The Morgan fingerprint density at radius 1 is 1.53 bits per heavy atom. The normalized spacial score (nSPS) is 16.1. The molecule has 0 spiro atoms. The van der Waals surface area contributed by atoms with Gasteiger partial charge in [-0.1, -0.05) is 43.0 Å². The number of amidine groups is 1. The molecule has 0 aliphatic heterocycles. The number of nitrogens with one attached hydrogen (secondary N) is 1. The molecule has 0 aromatic carbocycles. The van der Waals surface area contributed by atoms with Crippen LogP contribution < -0.4 is 5.32 Å². The summed E-state index contributed by atoms with van der Waals surface area (Å²) in [6, 6.07) is 0. The first-order valence-electron chi connectivity index (χ1n) is 6.19. The number of hydrogen-bond acceptors (Lipinski definition) is 1. The summed E-state index contributed by atoms with van der Waals surface area (Å²) in [4.78, 5) is 4.26. The van der Waals surface area contributed by atoms with Crippen molar-refractivity contribution in [3.05, 3.63) is 48.6 Å². The molecule has 0 amide bonds. The third-order valence-corrected chi connectivity index (χ3v) is 2.66. The number of hydrogen-bond donors (Lipinski definition) is 1. The van der Waals surface area contributed by atoms with Gasteiger partial charge in [0, 0.05) is 20.0 Å². The third-order valence-electron chi connectivity index (χ3n) is 2.66. The van der Waals surface area contributed by atoms with E-state index in [0.29, 0.717) is 0 Å². The molecule has 1 N–H and O–H groups in total. The lowest BCUT2D eigenvalue weighted by Crippen LogP contribution is -2.25. The smallest absolute Gasteiger partial charge is 0.0965 e. The standard InChI is InChI=1S/C15H22N2/c1-3-4-5-9-12-15(16-2)17-13-14-10-7-6-8-11-14/h3-5,7,10-11H,1,6,8-9,12-13H2,2H3,(H,16,17). The molecular weight excluding hydrogens is 208 g/mol. The SMILES string of the molecule is C=CC=CCCC(=NC)NCC1=CCCC=C1. The molecule has 2 heteroatoms. The van der Waals surface area contributed by atoms with Crippen molar-refractivity contribution in [3.8, 4) is 0 Å². The van der Waals surface area contributed by atoms with Gasteiger partial charge in [-0.2, -0.15) is 0 Å². The zero-order chi connectivity index (χ0) is 12.3. The molecular formula is C15H22N2. The number of rotatable bonds is 6. The Labute approximate surface area is 105 Å². The van der Waals surface area contributed by atoms with Crippen molar-refractivity contribution < 1.29 is 0 Å². The van der Waals surface area contributed by atoms with Crippen LogP contribution in [0.3, 0.4) is 0 Å². The van der Waals surface area contributed by atoms with Gasteiger partial charge in [-0.3, -0.25) is 4.99 Å². The first-order chi connectivity index (χ1) is 8.36. The van der Waals surface area contributed by atoms with E-state index in [4.69, 9.17) is 0 Å². The maximum Gasteiger partial charge on any atom is 0.0965 e. The van der Waals surface area contributed by atoms with Gasteiger partial charge in [0.05, 0.1) is 5.84 Å². The monoisotopic (exact) mass is 230 g/mol. The van der Waals surface area contributed by atoms with Crippen LogP contribution in [0.4, 0.5) is 0 Å². The van der Waals surface area contributed by atoms with Gasteiger partial charge in [0.25, 0.3) is 0 Å². The van der Waals surface area contributed by atoms with Gasteiger partial charge in [-0.15, -0.1) is 0 Å². The van der Waals surface area contributed by atoms with Gasteiger partial charge in [0.15, 0.2) is 0 Å². The highest BCUT2D eigenvalue weighted by Gasteiger charge is 2.00. The predicted molar refractivity (Wildman–Crippen MR) is 76.4 cm³/mol. The first-order valence-corrected chi connectivity index (χ1v) is 6.19. The largest absolute Gasteiger partial charge is 0.370 e. The summed E-state index contributed by atoms with van der Waals surface area (Å²) in [5.41, 5.74) is 1.36.